The lowest BCUT2D eigenvalue weighted by molar-refractivity contribution is -0.0441. The minimum Gasteiger partial charge on any atom is -0.389 e. The van der Waals surface area contributed by atoms with E-state index < -0.39 is 18.3 Å². The summed E-state index contributed by atoms with van der Waals surface area (Å²) in [6.45, 7) is 0. The molecule has 1 aromatic carbocycles. The fourth-order valence-electron chi connectivity index (χ4n) is 1.66. The summed E-state index contributed by atoms with van der Waals surface area (Å²) >= 11 is 4.66. The summed E-state index contributed by atoms with van der Waals surface area (Å²) < 4.78 is 0.517. The average molecular weight is 317 g/mol. The van der Waals surface area contributed by atoms with Gasteiger partial charge >= 0.3 is 0 Å². The minimum absolute atomic E-state index is 0.273. The van der Waals surface area contributed by atoms with Crippen molar-refractivity contribution in [2.24, 2.45) is 0 Å². The third-order valence-corrected chi connectivity index (χ3v) is 4.60. The number of hydrogen-bond donors (Lipinski definition) is 3. The molecular formula is C12H13BrO3S. The van der Waals surface area contributed by atoms with Crippen molar-refractivity contribution in [2.45, 2.75) is 28.5 Å². The van der Waals surface area contributed by atoms with Gasteiger partial charge in [0.2, 0.25) is 0 Å². The maximum absolute atomic E-state index is 9.89. The third-order valence-electron chi connectivity index (χ3n) is 2.63. The Hall–Kier alpha value is -0.330. The van der Waals surface area contributed by atoms with Crippen molar-refractivity contribution >= 4 is 27.7 Å². The molecule has 0 heterocycles. The summed E-state index contributed by atoms with van der Waals surface area (Å²) in [5.74, 6) is 0. The van der Waals surface area contributed by atoms with Gasteiger partial charge < -0.3 is 15.3 Å². The van der Waals surface area contributed by atoms with Crippen molar-refractivity contribution < 1.29 is 15.3 Å². The summed E-state index contributed by atoms with van der Waals surface area (Å²) in [5.41, 5.74) is 0. The van der Waals surface area contributed by atoms with Gasteiger partial charge in [0.15, 0.2) is 0 Å². The Labute approximate surface area is 112 Å². The van der Waals surface area contributed by atoms with Crippen LogP contribution >= 0.6 is 27.7 Å². The maximum Gasteiger partial charge on any atom is 0.114 e. The molecule has 0 saturated heterocycles. The normalized spacial score (nSPS) is 33.3. The Bertz CT molecular complexity index is 409. The molecular weight excluding hydrogens is 304 g/mol. The molecule has 2 rings (SSSR count). The number of thioether (sulfide) groups is 1. The highest BCUT2D eigenvalue weighted by Crippen LogP contribution is 2.34. The molecule has 0 bridgehead atoms. The van der Waals surface area contributed by atoms with Gasteiger partial charge in [0.05, 0.1) is 11.4 Å². The van der Waals surface area contributed by atoms with Crippen LogP contribution in [-0.4, -0.2) is 38.9 Å². The van der Waals surface area contributed by atoms with Crippen molar-refractivity contribution in [2.75, 3.05) is 0 Å². The van der Waals surface area contributed by atoms with Crippen LogP contribution in [0.2, 0.25) is 0 Å². The van der Waals surface area contributed by atoms with Gasteiger partial charge in [-0.2, -0.15) is 0 Å². The van der Waals surface area contributed by atoms with E-state index >= 15 is 0 Å². The van der Waals surface area contributed by atoms with E-state index in [1.165, 1.54) is 11.8 Å². The van der Waals surface area contributed by atoms with Crippen molar-refractivity contribution in [3.63, 3.8) is 0 Å². The highest BCUT2D eigenvalue weighted by atomic mass is 79.9. The first-order chi connectivity index (χ1) is 8.09. The van der Waals surface area contributed by atoms with Gasteiger partial charge in [-0.15, -0.1) is 11.8 Å². The molecule has 0 spiro atoms. The van der Waals surface area contributed by atoms with E-state index in [4.69, 9.17) is 0 Å². The number of rotatable bonds is 2. The molecule has 92 valence electrons. The molecule has 0 fully saturated rings. The first-order valence-electron chi connectivity index (χ1n) is 5.22. The van der Waals surface area contributed by atoms with Crippen LogP contribution < -0.4 is 0 Å². The van der Waals surface area contributed by atoms with E-state index in [0.717, 1.165) is 4.90 Å². The van der Waals surface area contributed by atoms with Crippen LogP contribution in [0.15, 0.2) is 45.8 Å². The fraction of sp³-hybridized carbons (Fsp3) is 0.333. The second-order valence-electron chi connectivity index (χ2n) is 3.87. The smallest absolute Gasteiger partial charge is 0.114 e. The Morgan fingerprint density at radius 1 is 1.00 bits per heavy atom. The lowest BCUT2D eigenvalue weighted by Crippen LogP contribution is -2.46. The molecule has 0 saturated carbocycles. The molecule has 1 aliphatic carbocycles. The average Bonchev–Trinajstić information content (AvgIpc) is 2.35. The van der Waals surface area contributed by atoms with Crippen molar-refractivity contribution in [1.82, 2.24) is 0 Å². The number of halogens is 1. The summed E-state index contributed by atoms with van der Waals surface area (Å²) in [5, 5.41) is 28.9. The monoisotopic (exact) mass is 316 g/mol. The predicted octanol–water partition coefficient (Wildman–Crippen LogP) is 1.52. The van der Waals surface area contributed by atoms with Crippen LogP contribution in [-0.2, 0) is 0 Å². The van der Waals surface area contributed by atoms with Crippen LogP contribution in [0.3, 0.4) is 0 Å². The predicted molar refractivity (Wildman–Crippen MR) is 71.1 cm³/mol. The minimum atomic E-state index is -1.16. The molecule has 0 amide bonds. The zero-order chi connectivity index (χ0) is 12.4. The summed E-state index contributed by atoms with van der Waals surface area (Å²) in [4.78, 5) is 1.01. The standard InChI is InChI=1S/C12H13BrO3S/c13-8-6-9(11(15)12(16)10(8)14)17-7-4-2-1-3-5-7/h1-6,9-12,14-16H/t9-,10-,11+,12-/m1/s1. The zero-order valence-electron chi connectivity index (χ0n) is 8.90. The molecule has 0 aromatic heterocycles. The highest BCUT2D eigenvalue weighted by molar-refractivity contribution is 9.11. The summed E-state index contributed by atoms with van der Waals surface area (Å²) in [7, 11) is 0. The van der Waals surface area contributed by atoms with Gasteiger partial charge in [0, 0.05) is 9.38 Å². The zero-order valence-corrected chi connectivity index (χ0v) is 11.3. The second kappa shape index (κ2) is 5.54. The molecule has 5 heteroatoms. The van der Waals surface area contributed by atoms with Crippen molar-refractivity contribution in [3.05, 3.63) is 40.9 Å². The molecule has 1 aromatic rings. The van der Waals surface area contributed by atoms with Crippen LogP contribution in [0.4, 0.5) is 0 Å². The van der Waals surface area contributed by atoms with E-state index in [1.54, 1.807) is 6.08 Å². The van der Waals surface area contributed by atoms with Crippen LogP contribution in [0, 0.1) is 0 Å². The maximum atomic E-state index is 9.89. The SMILES string of the molecule is O[C@@H]1[C@H](O)[C@H](O)C(Br)=C[C@H]1Sc1ccccc1. The van der Waals surface area contributed by atoms with Crippen LogP contribution in [0.5, 0.6) is 0 Å². The number of hydrogen-bond acceptors (Lipinski definition) is 4. The molecule has 0 aliphatic heterocycles. The molecule has 0 unspecified atom stereocenters. The van der Waals surface area contributed by atoms with Gasteiger partial charge in [-0.3, -0.25) is 0 Å². The van der Waals surface area contributed by atoms with E-state index in [-0.39, 0.29) is 5.25 Å². The lowest BCUT2D eigenvalue weighted by atomic mass is 9.98. The highest BCUT2D eigenvalue weighted by Gasteiger charge is 2.36. The van der Waals surface area contributed by atoms with Gasteiger partial charge in [-0.05, 0) is 12.1 Å². The first kappa shape index (κ1) is 13.1. The molecule has 17 heavy (non-hydrogen) atoms. The Morgan fingerprint density at radius 2 is 1.65 bits per heavy atom. The van der Waals surface area contributed by atoms with Gasteiger partial charge in [0.25, 0.3) is 0 Å². The van der Waals surface area contributed by atoms with E-state index in [2.05, 4.69) is 15.9 Å². The van der Waals surface area contributed by atoms with Gasteiger partial charge in [-0.1, -0.05) is 40.2 Å². The quantitative estimate of drug-likeness (QED) is 0.774. The topological polar surface area (TPSA) is 60.7 Å². The largest absolute Gasteiger partial charge is 0.389 e. The van der Waals surface area contributed by atoms with Crippen molar-refractivity contribution in [1.29, 1.82) is 0 Å². The van der Waals surface area contributed by atoms with E-state index in [9.17, 15) is 15.3 Å². The number of aliphatic hydroxyl groups excluding tert-OH is 3. The Morgan fingerprint density at radius 3 is 2.29 bits per heavy atom. The molecule has 0 radical (unpaired) electrons. The lowest BCUT2D eigenvalue weighted by Gasteiger charge is -2.32. The third kappa shape index (κ3) is 2.92. The van der Waals surface area contributed by atoms with Gasteiger partial charge in [-0.25, -0.2) is 0 Å². The fourth-order valence-corrected chi connectivity index (χ4v) is 3.53. The molecule has 1 aliphatic rings. The van der Waals surface area contributed by atoms with Crippen LogP contribution in [0.1, 0.15) is 0 Å². The summed E-state index contributed by atoms with van der Waals surface area (Å²) in [6, 6.07) is 9.64. The van der Waals surface area contributed by atoms with Crippen molar-refractivity contribution in [3.8, 4) is 0 Å². The Kier molecular flexibility index (Phi) is 4.27. The summed E-state index contributed by atoms with van der Waals surface area (Å²) in [6.07, 6.45) is -1.44. The van der Waals surface area contributed by atoms with E-state index in [1.807, 2.05) is 30.3 Å². The molecule has 4 atom stereocenters. The molecule has 3 nitrogen and oxygen atoms in total. The second-order valence-corrected chi connectivity index (χ2v) is 6.04. The number of benzene rings is 1. The van der Waals surface area contributed by atoms with E-state index in [0.29, 0.717) is 4.48 Å². The Balaban J connectivity index is 2.16. The first-order valence-corrected chi connectivity index (χ1v) is 6.90. The van der Waals surface area contributed by atoms with Crippen LogP contribution in [0.25, 0.3) is 0 Å². The molecule has 3 N–H and O–H groups in total. The van der Waals surface area contributed by atoms with Gasteiger partial charge in [0.1, 0.15) is 12.2 Å². The number of aliphatic hydroxyl groups is 3.